The number of aromatic nitrogens is 1. The molecule has 0 spiro atoms. The molecule has 1 N–H and O–H groups in total. The number of halogens is 1. The summed E-state index contributed by atoms with van der Waals surface area (Å²) in [5.41, 5.74) is 2.72. The molecule has 23 heavy (non-hydrogen) atoms. The zero-order valence-corrected chi connectivity index (χ0v) is 14.7. The Hall–Kier alpha value is -2.21. The number of esters is 1. The van der Waals surface area contributed by atoms with E-state index in [0.29, 0.717) is 23.6 Å². The Morgan fingerprint density at radius 2 is 1.96 bits per heavy atom. The van der Waals surface area contributed by atoms with Crippen molar-refractivity contribution >= 4 is 33.5 Å². The molecule has 0 fully saturated rings. The second-order valence-electron chi connectivity index (χ2n) is 4.96. The van der Waals surface area contributed by atoms with Crippen LogP contribution in [0.1, 0.15) is 39.0 Å². The predicted octanol–water partition coefficient (Wildman–Crippen LogP) is 3.89. The maximum Gasteiger partial charge on any atom is 0.339 e. The number of nitrogens with zero attached hydrogens (tertiary/aromatic N) is 1. The van der Waals surface area contributed by atoms with Gasteiger partial charge in [-0.15, -0.1) is 0 Å². The van der Waals surface area contributed by atoms with Crippen molar-refractivity contribution in [2.45, 2.75) is 20.8 Å². The van der Waals surface area contributed by atoms with Gasteiger partial charge in [0.25, 0.3) is 5.91 Å². The largest absolute Gasteiger partial charge is 0.462 e. The Bertz CT molecular complexity index is 759. The molecule has 0 saturated carbocycles. The molecular weight excluding hydrogens is 360 g/mol. The van der Waals surface area contributed by atoms with Crippen LogP contribution in [0.25, 0.3) is 0 Å². The van der Waals surface area contributed by atoms with E-state index in [-0.39, 0.29) is 11.6 Å². The predicted molar refractivity (Wildman–Crippen MR) is 91.8 cm³/mol. The van der Waals surface area contributed by atoms with Crippen molar-refractivity contribution in [1.29, 1.82) is 0 Å². The third kappa shape index (κ3) is 4.16. The lowest BCUT2D eigenvalue weighted by molar-refractivity contribution is 0.0524. The van der Waals surface area contributed by atoms with Crippen molar-refractivity contribution in [2.75, 3.05) is 11.9 Å². The van der Waals surface area contributed by atoms with Crippen LogP contribution in [0.3, 0.4) is 0 Å². The van der Waals surface area contributed by atoms with E-state index >= 15 is 0 Å². The van der Waals surface area contributed by atoms with Crippen LogP contribution in [0, 0.1) is 13.8 Å². The highest BCUT2D eigenvalue weighted by molar-refractivity contribution is 9.10. The zero-order valence-electron chi connectivity index (χ0n) is 13.1. The van der Waals surface area contributed by atoms with Crippen LogP contribution in [0.15, 0.2) is 34.8 Å². The molecule has 0 bridgehead atoms. The summed E-state index contributed by atoms with van der Waals surface area (Å²) in [6, 6.07) is 8.71. The van der Waals surface area contributed by atoms with Crippen LogP contribution >= 0.6 is 15.9 Å². The summed E-state index contributed by atoms with van der Waals surface area (Å²) in [7, 11) is 0. The van der Waals surface area contributed by atoms with E-state index in [0.717, 1.165) is 10.0 Å². The molecule has 2 aromatic rings. The molecule has 0 aliphatic rings. The van der Waals surface area contributed by atoms with Gasteiger partial charge in [0.2, 0.25) is 0 Å². The van der Waals surface area contributed by atoms with Crippen LogP contribution in [0.2, 0.25) is 0 Å². The molecule has 1 aromatic carbocycles. The van der Waals surface area contributed by atoms with Crippen molar-refractivity contribution in [1.82, 2.24) is 4.98 Å². The summed E-state index contributed by atoms with van der Waals surface area (Å²) in [5, 5.41) is 2.82. The topological polar surface area (TPSA) is 68.3 Å². The molecule has 0 atom stereocenters. The van der Waals surface area contributed by atoms with Gasteiger partial charge in [-0.25, -0.2) is 9.78 Å². The van der Waals surface area contributed by atoms with Gasteiger partial charge in [-0.3, -0.25) is 4.79 Å². The van der Waals surface area contributed by atoms with Crippen LogP contribution in [0.4, 0.5) is 5.69 Å². The summed E-state index contributed by atoms with van der Waals surface area (Å²) >= 11 is 3.38. The molecule has 2 rings (SSSR count). The number of rotatable bonds is 4. The second kappa shape index (κ2) is 7.37. The van der Waals surface area contributed by atoms with Crippen molar-refractivity contribution in [3.05, 3.63) is 57.3 Å². The van der Waals surface area contributed by atoms with Gasteiger partial charge >= 0.3 is 5.97 Å². The fourth-order valence-corrected chi connectivity index (χ4v) is 2.39. The minimum Gasteiger partial charge on any atom is -0.462 e. The third-order valence-electron chi connectivity index (χ3n) is 3.26. The monoisotopic (exact) mass is 376 g/mol. The summed E-state index contributed by atoms with van der Waals surface area (Å²) in [6.07, 6.45) is 0. The van der Waals surface area contributed by atoms with Gasteiger partial charge in [0, 0.05) is 10.2 Å². The molecule has 1 aromatic heterocycles. The van der Waals surface area contributed by atoms with Gasteiger partial charge in [-0.1, -0.05) is 22.0 Å². The summed E-state index contributed by atoms with van der Waals surface area (Å²) in [5.74, 6) is -0.767. The number of ether oxygens (including phenoxy) is 1. The molecule has 0 saturated heterocycles. The number of carbonyl (C=O) groups is 2. The highest BCUT2D eigenvalue weighted by Crippen LogP contribution is 2.21. The van der Waals surface area contributed by atoms with E-state index in [4.69, 9.17) is 4.74 Å². The number of aryl methyl sites for hydroxylation is 2. The van der Waals surface area contributed by atoms with Crippen molar-refractivity contribution in [2.24, 2.45) is 0 Å². The van der Waals surface area contributed by atoms with E-state index in [1.54, 1.807) is 19.9 Å². The summed E-state index contributed by atoms with van der Waals surface area (Å²) in [4.78, 5) is 28.3. The van der Waals surface area contributed by atoms with E-state index in [1.807, 2.05) is 25.1 Å². The lowest BCUT2D eigenvalue weighted by atomic mass is 10.1. The molecule has 0 aliphatic carbocycles. The quantitative estimate of drug-likeness (QED) is 0.821. The maximum atomic E-state index is 12.3. The first-order chi connectivity index (χ1) is 10.9. The Kier molecular flexibility index (Phi) is 5.50. The Labute approximate surface area is 143 Å². The van der Waals surface area contributed by atoms with Gasteiger partial charge in [0.1, 0.15) is 5.69 Å². The molecule has 0 radical (unpaired) electrons. The molecule has 1 heterocycles. The molecule has 1 amide bonds. The average molecular weight is 377 g/mol. The van der Waals surface area contributed by atoms with Gasteiger partial charge in [-0.2, -0.15) is 0 Å². The fourth-order valence-electron chi connectivity index (χ4n) is 2.03. The molecule has 6 heteroatoms. The van der Waals surface area contributed by atoms with Crippen LogP contribution < -0.4 is 5.32 Å². The normalized spacial score (nSPS) is 10.3. The minimum atomic E-state index is -0.438. The fraction of sp³-hybridized carbons (Fsp3) is 0.235. The van der Waals surface area contributed by atoms with Gasteiger partial charge in [0.05, 0.1) is 17.9 Å². The minimum absolute atomic E-state index is 0.245. The van der Waals surface area contributed by atoms with Crippen LogP contribution in [-0.2, 0) is 4.74 Å². The Morgan fingerprint density at radius 3 is 2.61 bits per heavy atom. The lowest BCUT2D eigenvalue weighted by Crippen LogP contribution is -2.16. The summed E-state index contributed by atoms with van der Waals surface area (Å²) in [6.45, 7) is 5.61. The number of benzene rings is 1. The number of hydrogen-bond donors (Lipinski definition) is 1. The highest BCUT2D eigenvalue weighted by atomic mass is 79.9. The van der Waals surface area contributed by atoms with E-state index in [9.17, 15) is 9.59 Å². The van der Waals surface area contributed by atoms with Crippen molar-refractivity contribution < 1.29 is 14.3 Å². The molecule has 120 valence electrons. The molecule has 0 aliphatic heterocycles. The number of carbonyl (C=O) groups excluding carboxylic acids is 2. The number of amides is 1. The number of pyridine rings is 1. The van der Waals surface area contributed by atoms with Crippen molar-refractivity contribution in [3.63, 3.8) is 0 Å². The number of hydrogen-bond acceptors (Lipinski definition) is 4. The first-order valence-corrected chi connectivity index (χ1v) is 7.94. The lowest BCUT2D eigenvalue weighted by Gasteiger charge is -2.10. The summed E-state index contributed by atoms with van der Waals surface area (Å²) < 4.78 is 5.82. The Morgan fingerprint density at radius 1 is 1.22 bits per heavy atom. The Balaban J connectivity index is 2.22. The van der Waals surface area contributed by atoms with Gasteiger partial charge < -0.3 is 10.1 Å². The third-order valence-corrected chi connectivity index (χ3v) is 3.75. The van der Waals surface area contributed by atoms with Crippen LogP contribution in [0.5, 0.6) is 0 Å². The highest BCUT2D eigenvalue weighted by Gasteiger charge is 2.15. The molecule has 0 unspecified atom stereocenters. The molecular formula is C17H17BrN2O3. The van der Waals surface area contributed by atoms with E-state index < -0.39 is 5.97 Å². The van der Waals surface area contributed by atoms with Gasteiger partial charge in [0.15, 0.2) is 0 Å². The molecule has 5 nitrogen and oxygen atoms in total. The average Bonchev–Trinajstić information content (AvgIpc) is 2.51. The standard InChI is InChI=1S/C17H17BrN2O3/c1-4-23-17(22)13-7-8-14(19-11(13)3)16(21)20-15-9-12(18)6-5-10(15)2/h5-9H,4H2,1-3H3,(H,20,21). The van der Waals surface area contributed by atoms with Crippen LogP contribution in [-0.4, -0.2) is 23.5 Å². The number of nitrogens with one attached hydrogen (secondary N) is 1. The first kappa shape index (κ1) is 17.1. The maximum absolute atomic E-state index is 12.3. The van der Waals surface area contributed by atoms with E-state index in [2.05, 4.69) is 26.2 Å². The SMILES string of the molecule is CCOC(=O)c1ccc(C(=O)Nc2cc(Br)ccc2C)nc1C. The zero-order chi connectivity index (χ0) is 17.0. The second-order valence-corrected chi connectivity index (χ2v) is 5.88. The van der Waals surface area contributed by atoms with E-state index in [1.165, 1.54) is 6.07 Å². The first-order valence-electron chi connectivity index (χ1n) is 7.14. The van der Waals surface area contributed by atoms with Gasteiger partial charge in [-0.05, 0) is 50.6 Å². The van der Waals surface area contributed by atoms with Crippen molar-refractivity contribution in [3.8, 4) is 0 Å². The number of anilines is 1. The smallest absolute Gasteiger partial charge is 0.339 e.